The molecule has 0 rings (SSSR count). The summed E-state index contributed by atoms with van der Waals surface area (Å²) in [6.45, 7) is 0.242. The number of urea groups is 1. The second-order valence-corrected chi connectivity index (χ2v) is 1.63. The van der Waals surface area contributed by atoms with Gasteiger partial charge in [0.1, 0.15) is 0 Å². The zero-order valence-corrected chi connectivity index (χ0v) is 6.23. The van der Waals surface area contributed by atoms with Gasteiger partial charge in [0.05, 0.1) is 6.10 Å². The Morgan fingerprint density at radius 2 is 2.20 bits per heavy atom. The average molecular weight is 170 g/mol. The molecular weight excluding hydrogens is 158 g/mol. The first kappa shape index (κ1) is 12.2. The van der Waals surface area contributed by atoms with E-state index in [4.69, 9.17) is 16.6 Å². The van der Waals surface area contributed by atoms with E-state index in [9.17, 15) is 4.79 Å². The number of aliphatic hydroxyl groups excluding tert-OH is 1. The van der Waals surface area contributed by atoms with Crippen LogP contribution in [0.2, 0.25) is 0 Å². The van der Waals surface area contributed by atoms with E-state index in [2.05, 4.69) is 5.32 Å². The van der Waals surface area contributed by atoms with Gasteiger partial charge in [-0.2, -0.15) is 0 Å². The Morgan fingerprint density at radius 1 is 1.70 bits per heavy atom. The number of hydrogen-bond donors (Lipinski definition) is 4. The van der Waals surface area contributed by atoms with Gasteiger partial charge in [0.15, 0.2) is 0 Å². The number of rotatable bonds is 3. The largest absolute Gasteiger partial charge is 0.390 e. The maximum Gasteiger partial charge on any atom is 0.312 e. The zero-order chi connectivity index (χ0) is 7.28. The van der Waals surface area contributed by atoms with Crippen LogP contribution in [0.4, 0.5) is 4.79 Å². The van der Waals surface area contributed by atoms with Crippen LogP contribution >= 0.6 is 12.4 Å². The summed E-state index contributed by atoms with van der Waals surface area (Å²) >= 11 is 0. The van der Waals surface area contributed by atoms with Crippen LogP contribution in [0.1, 0.15) is 0 Å². The molecule has 0 aromatic heterocycles. The molecule has 0 aromatic rings. The van der Waals surface area contributed by atoms with Gasteiger partial charge in [0, 0.05) is 13.1 Å². The first-order valence-corrected chi connectivity index (χ1v) is 2.58. The van der Waals surface area contributed by atoms with Crippen molar-refractivity contribution >= 4 is 18.4 Å². The van der Waals surface area contributed by atoms with Gasteiger partial charge in [-0.1, -0.05) is 0 Å². The molecule has 0 heterocycles. The van der Waals surface area contributed by atoms with Crippen molar-refractivity contribution in [1.82, 2.24) is 5.32 Å². The van der Waals surface area contributed by atoms with Crippen molar-refractivity contribution in [1.29, 1.82) is 0 Å². The number of primary amides is 1. The molecule has 0 aromatic carbocycles. The minimum absolute atomic E-state index is 0. The second-order valence-electron chi connectivity index (χ2n) is 1.63. The van der Waals surface area contributed by atoms with Gasteiger partial charge in [0.2, 0.25) is 0 Å². The molecule has 0 fully saturated rings. The number of carbonyl (C=O) groups is 1. The summed E-state index contributed by atoms with van der Waals surface area (Å²) in [6.07, 6.45) is -0.697. The fourth-order valence-electron chi connectivity index (χ4n) is 0.302. The summed E-state index contributed by atoms with van der Waals surface area (Å²) in [5, 5.41) is 10.9. The van der Waals surface area contributed by atoms with E-state index in [1.165, 1.54) is 0 Å². The fraction of sp³-hybridized carbons (Fsp3) is 0.750. The van der Waals surface area contributed by atoms with Crippen LogP contribution in [0.25, 0.3) is 0 Å². The SMILES string of the molecule is Cl.NCC(O)CNC(N)=O. The number of aliphatic hydroxyl groups is 1. The molecule has 0 radical (unpaired) electrons. The van der Waals surface area contributed by atoms with Crippen molar-refractivity contribution in [3.8, 4) is 0 Å². The van der Waals surface area contributed by atoms with E-state index in [1.54, 1.807) is 0 Å². The van der Waals surface area contributed by atoms with Crippen LogP contribution in [0.3, 0.4) is 0 Å². The van der Waals surface area contributed by atoms with Gasteiger partial charge in [-0.3, -0.25) is 0 Å². The zero-order valence-electron chi connectivity index (χ0n) is 5.41. The normalized spacial score (nSPS) is 11.4. The summed E-state index contributed by atoms with van der Waals surface area (Å²) in [5.41, 5.74) is 9.71. The third-order valence-corrected chi connectivity index (χ3v) is 0.784. The topological polar surface area (TPSA) is 101 Å². The molecule has 1 unspecified atom stereocenters. The van der Waals surface area contributed by atoms with Crippen LogP contribution in [-0.4, -0.2) is 30.3 Å². The smallest absolute Gasteiger partial charge is 0.312 e. The van der Waals surface area contributed by atoms with Gasteiger partial charge < -0.3 is 21.9 Å². The lowest BCUT2D eigenvalue weighted by Gasteiger charge is -2.05. The van der Waals surface area contributed by atoms with E-state index in [0.717, 1.165) is 0 Å². The molecule has 2 amide bonds. The molecule has 0 bridgehead atoms. The number of halogens is 1. The highest BCUT2D eigenvalue weighted by atomic mass is 35.5. The fourth-order valence-corrected chi connectivity index (χ4v) is 0.302. The molecule has 0 saturated carbocycles. The van der Waals surface area contributed by atoms with E-state index < -0.39 is 12.1 Å². The van der Waals surface area contributed by atoms with Crippen LogP contribution in [-0.2, 0) is 0 Å². The van der Waals surface area contributed by atoms with Crippen molar-refractivity contribution in [3.05, 3.63) is 0 Å². The van der Waals surface area contributed by atoms with Crippen LogP contribution in [0, 0.1) is 0 Å². The highest BCUT2D eigenvalue weighted by molar-refractivity contribution is 5.85. The Labute approximate surface area is 65.2 Å². The Bertz CT molecular complexity index is 101. The molecule has 6 N–H and O–H groups in total. The third-order valence-electron chi connectivity index (χ3n) is 0.784. The molecule has 62 valence electrons. The van der Waals surface area contributed by atoms with Gasteiger partial charge in [0.25, 0.3) is 0 Å². The van der Waals surface area contributed by atoms with Crippen LogP contribution in [0.5, 0.6) is 0 Å². The number of carbonyl (C=O) groups excluding carboxylic acids is 1. The molecule has 0 aliphatic rings. The van der Waals surface area contributed by atoms with Gasteiger partial charge in [-0.15, -0.1) is 12.4 Å². The van der Waals surface area contributed by atoms with Crippen LogP contribution < -0.4 is 16.8 Å². The molecule has 5 nitrogen and oxygen atoms in total. The molecule has 0 aliphatic heterocycles. The molecule has 0 saturated heterocycles. The monoisotopic (exact) mass is 169 g/mol. The Kier molecular flexibility index (Phi) is 8.04. The Hall–Kier alpha value is -0.520. The van der Waals surface area contributed by atoms with Gasteiger partial charge in [-0.05, 0) is 0 Å². The quantitative estimate of drug-likeness (QED) is 0.409. The molecule has 6 heteroatoms. The standard InChI is InChI=1S/C4H11N3O2.ClH/c5-1-3(8)2-7-4(6)9;/h3,8H,1-2,5H2,(H3,6,7,9);1H. The number of amides is 2. The van der Waals surface area contributed by atoms with Crippen LogP contribution in [0.15, 0.2) is 0 Å². The average Bonchev–Trinajstić information content (AvgIpc) is 1.83. The number of nitrogens with two attached hydrogens (primary N) is 2. The van der Waals surface area contributed by atoms with Gasteiger partial charge >= 0.3 is 6.03 Å². The Morgan fingerprint density at radius 3 is 2.50 bits per heavy atom. The first-order chi connectivity index (χ1) is 4.16. The minimum Gasteiger partial charge on any atom is -0.390 e. The maximum atomic E-state index is 9.98. The molecule has 0 spiro atoms. The summed E-state index contributed by atoms with van der Waals surface area (Å²) in [5.74, 6) is 0. The summed E-state index contributed by atoms with van der Waals surface area (Å²) in [4.78, 5) is 9.98. The lowest BCUT2D eigenvalue weighted by atomic mass is 10.4. The van der Waals surface area contributed by atoms with Crippen molar-refractivity contribution in [2.24, 2.45) is 11.5 Å². The lowest BCUT2D eigenvalue weighted by Crippen LogP contribution is -2.38. The van der Waals surface area contributed by atoms with E-state index >= 15 is 0 Å². The molecular formula is C4H12ClN3O2. The minimum atomic E-state index is -0.697. The molecule has 1 atom stereocenters. The summed E-state index contributed by atoms with van der Waals surface area (Å²) in [6, 6.07) is -0.650. The van der Waals surface area contributed by atoms with Gasteiger partial charge in [-0.25, -0.2) is 4.79 Å². The molecule has 10 heavy (non-hydrogen) atoms. The summed E-state index contributed by atoms with van der Waals surface area (Å²) in [7, 11) is 0. The number of nitrogens with one attached hydrogen (secondary N) is 1. The predicted molar refractivity (Wildman–Crippen MR) is 39.9 cm³/mol. The van der Waals surface area contributed by atoms with Crippen molar-refractivity contribution in [2.45, 2.75) is 6.10 Å². The van der Waals surface area contributed by atoms with E-state index in [-0.39, 0.29) is 25.5 Å². The van der Waals surface area contributed by atoms with E-state index in [0.29, 0.717) is 0 Å². The van der Waals surface area contributed by atoms with Crippen molar-refractivity contribution in [3.63, 3.8) is 0 Å². The first-order valence-electron chi connectivity index (χ1n) is 2.58. The highest BCUT2D eigenvalue weighted by Gasteiger charge is 1.99. The summed E-state index contributed by atoms with van der Waals surface area (Å²) < 4.78 is 0. The lowest BCUT2D eigenvalue weighted by molar-refractivity contribution is 0.179. The third kappa shape index (κ3) is 7.48. The highest BCUT2D eigenvalue weighted by Crippen LogP contribution is 1.72. The van der Waals surface area contributed by atoms with E-state index in [1.807, 2.05) is 0 Å². The molecule has 0 aliphatic carbocycles. The second kappa shape index (κ2) is 6.60. The van der Waals surface area contributed by atoms with Crippen molar-refractivity contribution in [2.75, 3.05) is 13.1 Å². The predicted octanol–water partition coefficient (Wildman–Crippen LogP) is -1.60. The number of hydrogen-bond acceptors (Lipinski definition) is 3. The maximum absolute atomic E-state index is 9.98. The van der Waals surface area contributed by atoms with Crippen molar-refractivity contribution < 1.29 is 9.90 Å². The Balaban J connectivity index is 0.